The third kappa shape index (κ3) is 23.1. The first-order valence-electron chi connectivity index (χ1n) is 14.2. The largest absolute Gasteiger partial charge is 0.391 e. The molecule has 0 aliphatic rings. The van der Waals surface area contributed by atoms with Crippen molar-refractivity contribution in [1.82, 2.24) is 5.32 Å². The number of rotatable bonds is 25. The van der Waals surface area contributed by atoms with Crippen molar-refractivity contribution >= 4 is 16.0 Å². The lowest BCUT2D eigenvalue weighted by atomic mass is 10.0. The normalized spacial score (nSPS) is 13.6. The second-order valence-electron chi connectivity index (χ2n) is 10.0. The van der Waals surface area contributed by atoms with Gasteiger partial charge in [-0.15, -0.1) is 0 Å². The van der Waals surface area contributed by atoms with E-state index in [2.05, 4.69) is 19.2 Å². The van der Waals surface area contributed by atoms with Crippen LogP contribution in [0.15, 0.2) is 0 Å². The van der Waals surface area contributed by atoms with Gasteiger partial charge in [-0.25, -0.2) is 0 Å². The molecular formula is C27H55NO5S. The molecule has 7 heteroatoms. The minimum absolute atomic E-state index is 0.252. The Morgan fingerprint density at radius 2 is 1.06 bits per heavy atom. The zero-order chi connectivity index (χ0) is 25.5. The van der Waals surface area contributed by atoms with Crippen molar-refractivity contribution in [3.05, 3.63) is 0 Å². The van der Waals surface area contributed by atoms with Crippen LogP contribution < -0.4 is 5.32 Å². The van der Waals surface area contributed by atoms with Gasteiger partial charge in [0.1, 0.15) is 0 Å². The van der Waals surface area contributed by atoms with Crippen LogP contribution in [-0.4, -0.2) is 41.9 Å². The standard InChI is InChI=1S/C27H55NO5S/c1-3-5-7-9-10-11-12-13-14-15-16-17-19-21-23-27(30)28-25(24-34(31,32)33)26(29)22-20-18-8-6-4-2/h25-26,29H,3-24H2,1-2H3,(H,28,30)(H,31,32,33). The van der Waals surface area contributed by atoms with Crippen LogP contribution >= 0.6 is 0 Å². The van der Waals surface area contributed by atoms with E-state index < -0.39 is 28.0 Å². The van der Waals surface area contributed by atoms with Crippen LogP contribution in [0.4, 0.5) is 0 Å². The number of amides is 1. The van der Waals surface area contributed by atoms with Gasteiger partial charge in [0.05, 0.1) is 17.9 Å². The van der Waals surface area contributed by atoms with E-state index in [4.69, 9.17) is 0 Å². The smallest absolute Gasteiger partial charge is 0.266 e. The Morgan fingerprint density at radius 3 is 1.47 bits per heavy atom. The molecule has 0 spiro atoms. The number of hydrogen-bond donors (Lipinski definition) is 3. The van der Waals surface area contributed by atoms with Gasteiger partial charge in [0, 0.05) is 6.42 Å². The Kier molecular flexibility index (Phi) is 22.3. The highest BCUT2D eigenvalue weighted by molar-refractivity contribution is 7.85. The molecule has 0 aromatic carbocycles. The van der Waals surface area contributed by atoms with Crippen LogP contribution in [0.25, 0.3) is 0 Å². The van der Waals surface area contributed by atoms with Gasteiger partial charge in [-0.3, -0.25) is 9.35 Å². The number of nitrogens with one attached hydrogen (secondary N) is 1. The quantitative estimate of drug-likeness (QED) is 0.0919. The zero-order valence-electron chi connectivity index (χ0n) is 22.2. The summed E-state index contributed by atoms with van der Waals surface area (Å²) in [7, 11) is -4.28. The fourth-order valence-electron chi connectivity index (χ4n) is 4.39. The zero-order valence-corrected chi connectivity index (χ0v) is 23.1. The molecule has 2 unspecified atom stereocenters. The van der Waals surface area contributed by atoms with Crippen molar-refractivity contribution in [2.24, 2.45) is 0 Å². The first-order valence-corrected chi connectivity index (χ1v) is 15.8. The minimum Gasteiger partial charge on any atom is -0.391 e. The molecular weight excluding hydrogens is 450 g/mol. The molecule has 6 nitrogen and oxygen atoms in total. The Bertz CT molecular complexity index is 567. The van der Waals surface area contributed by atoms with Crippen molar-refractivity contribution in [1.29, 1.82) is 0 Å². The monoisotopic (exact) mass is 505 g/mol. The Morgan fingerprint density at radius 1 is 0.676 bits per heavy atom. The highest BCUT2D eigenvalue weighted by Gasteiger charge is 2.25. The average Bonchev–Trinajstić information content (AvgIpc) is 2.77. The lowest BCUT2D eigenvalue weighted by molar-refractivity contribution is -0.122. The molecule has 0 fully saturated rings. The molecule has 0 saturated carbocycles. The maximum absolute atomic E-state index is 12.3. The van der Waals surface area contributed by atoms with Crippen LogP contribution in [0.5, 0.6) is 0 Å². The van der Waals surface area contributed by atoms with Crippen molar-refractivity contribution in [3.8, 4) is 0 Å². The second kappa shape index (κ2) is 22.8. The van der Waals surface area contributed by atoms with E-state index in [1.807, 2.05) is 0 Å². The molecule has 0 rings (SSSR count). The molecule has 0 bridgehead atoms. The number of aliphatic hydroxyl groups is 1. The van der Waals surface area contributed by atoms with Gasteiger partial charge in [0.25, 0.3) is 10.1 Å². The molecule has 0 aliphatic carbocycles. The fourth-order valence-corrected chi connectivity index (χ4v) is 5.15. The SMILES string of the molecule is CCCCCCCCCCCCCCCCC(=O)NC(CS(=O)(=O)O)C(O)CCCCCCC. The van der Waals surface area contributed by atoms with Crippen molar-refractivity contribution < 1.29 is 22.9 Å². The van der Waals surface area contributed by atoms with Gasteiger partial charge in [0.15, 0.2) is 0 Å². The summed E-state index contributed by atoms with van der Waals surface area (Å²) < 4.78 is 31.9. The predicted molar refractivity (Wildman–Crippen MR) is 143 cm³/mol. The summed E-state index contributed by atoms with van der Waals surface area (Å²) >= 11 is 0. The summed E-state index contributed by atoms with van der Waals surface area (Å²) in [6, 6.07) is -0.958. The molecule has 2 atom stereocenters. The van der Waals surface area contributed by atoms with E-state index >= 15 is 0 Å². The highest BCUT2D eigenvalue weighted by Crippen LogP contribution is 2.14. The maximum Gasteiger partial charge on any atom is 0.266 e. The van der Waals surface area contributed by atoms with Crippen LogP contribution in [-0.2, 0) is 14.9 Å². The van der Waals surface area contributed by atoms with E-state index in [9.17, 15) is 22.9 Å². The lowest BCUT2D eigenvalue weighted by Crippen LogP contribution is -2.47. The molecule has 0 heterocycles. The summed E-state index contributed by atoms with van der Waals surface area (Å²) in [5.41, 5.74) is 0. The Labute approximate surface area is 210 Å². The molecule has 34 heavy (non-hydrogen) atoms. The third-order valence-electron chi connectivity index (χ3n) is 6.56. The van der Waals surface area contributed by atoms with E-state index in [0.29, 0.717) is 12.8 Å². The van der Waals surface area contributed by atoms with Crippen LogP contribution in [0.2, 0.25) is 0 Å². The van der Waals surface area contributed by atoms with Gasteiger partial charge in [-0.1, -0.05) is 129 Å². The number of hydrogen-bond acceptors (Lipinski definition) is 4. The lowest BCUT2D eigenvalue weighted by Gasteiger charge is -2.23. The van der Waals surface area contributed by atoms with Gasteiger partial charge in [-0.05, 0) is 12.8 Å². The van der Waals surface area contributed by atoms with Gasteiger partial charge < -0.3 is 10.4 Å². The summed E-state index contributed by atoms with van der Waals surface area (Å²) in [6.07, 6.45) is 22.3. The predicted octanol–water partition coefficient (Wildman–Crippen LogP) is 6.95. The summed E-state index contributed by atoms with van der Waals surface area (Å²) in [6.45, 7) is 4.38. The number of aliphatic hydroxyl groups excluding tert-OH is 1. The van der Waals surface area contributed by atoms with Gasteiger partial charge >= 0.3 is 0 Å². The molecule has 0 radical (unpaired) electrons. The van der Waals surface area contributed by atoms with E-state index in [1.54, 1.807) is 0 Å². The summed E-state index contributed by atoms with van der Waals surface area (Å²) in [5, 5.41) is 13.0. The molecule has 0 aromatic heterocycles. The van der Waals surface area contributed by atoms with Gasteiger partial charge in [0.2, 0.25) is 5.91 Å². The first kappa shape index (κ1) is 33.3. The topological polar surface area (TPSA) is 104 Å². The average molecular weight is 506 g/mol. The van der Waals surface area contributed by atoms with Crippen LogP contribution in [0, 0.1) is 0 Å². The summed E-state index contributed by atoms with van der Waals surface area (Å²) in [5.74, 6) is -0.897. The molecule has 1 amide bonds. The number of unbranched alkanes of at least 4 members (excludes halogenated alkanes) is 17. The molecule has 204 valence electrons. The minimum atomic E-state index is -4.28. The Balaban J connectivity index is 3.89. The maximum atomic E-state index is 12.3. The number of carbonyl (C=O) groups is 1. The van der Waals surface area contributed by atoms with E-state index in [1.165, 1.54) is 70.6 Å². The second-order valence-corrected chi connectivity index (χ2v) is 11.5. The van der Waals surface area contributed by atoms with Crippen LogP contribution in [0.3, 0.4) is 0 Å². The summed E-state index contributed by atoms with van der Waals surface area (Å²) in [4.78, 5) is 12.3. The molecule has 3 N–H and O–H groups in total. The molecule has 0 aliphatic heterocycles. The van der Waals surface area contributed by atoms with Gasteiger partial charge in [-0.2, -0.15) is 8.42 Å². The van der Waals surface area contributed by atoms with Crippen molar-refractivity contribution in [3.63, 3.8) is 0 Å². The van der Waals surface area contributed by atoms with Crippen molar-refractivity contribution in [2.45, 2.75) is 161 Å². The fraction of sp³-hybridized carbons (Fsp3) is 0.963. The van der Waals surface area contributed by atoms with E-state index in [0.717, 1.165) is 51.4 Å². The highest BCUT2D eigenvalue weighted by atomic mass is 32.2. The van der Waals surface area contributed by atoms with Crippen molar-refractivity contribution in [2.75, 3.05) is 5.75 Å². The first-order chi connectivity index (χ1) is 16.3. The Hall–Kier alpha value is -0.660. The third-order valence-corrected chi connectivity index (χ3v) is 7.34. The van der Waals surface area contributed by atoms with E-state index in [-0.39, 0.29) is 5.91 Å². The number of carbonyl (C=O) groups excluding carboxylic acids is 1. The molecule has 0 aromatic rings. The van der Waals surface area contributed by atoms with Crippen LogP contribution in [0.1, 0.15) is 149 Å². The molecule has 0 saturated heterocycles.